The van der Waals surface area contributed by atoms with Crippen molar-refractivity contribution in [3.63, 3.8) is 0 Å². The van der Waals surface area contributed by atoms with Gasteiger partial charge in [0.25, 0.3) is 0 Å². The third-order valence-corrected chi connectivity index (χ3v) is 2.32. The highest BCUT2D eigenvalue weighted by Gasteiger charge is 2.01. The highest BCUT2D eigenvalue weighted by molar-refractivity contribution is 5.55. The zero-order valence-electron chi connectivity index (χ0n) is 8.99. The van der Waals surface area contributed by atoms with Gasteiger partial charge in [-0.3, -0.25) is 0 Å². The smallest absolute Gasteiger partial charge is 0.160 e. The van der Waals surface area contributed by atoms with Gasteiger partial charge >= 0.3 is 0 Å². The molecule has 1 heterocycles. The van der Waals surface area contributed by atoms with Crippen LogP contribution in [0.1, 0.15) is 18.2 Å². The molecule has 0 bridgehead atoms. The predicted molar refractivity (Wildman–Crippen MR) is 60.4 cm³/mol. The molecule has 1 aromatic heterocycles. The maximum atomic E-state index is 4.45. The van der Waals surface area contributed by atoms with Crippen LogP contribution in [-0.4, -0.2) is 9.97 Å². The van der Waals surface area contributed by atoms with Crippen molar-refractivity contribution in [2.45, 2.75) is 20.3 Å². The lowest BCUT2D eigenvalue weighted by molar-refractivity contribution is 1.00. The van der Waals surface area contributed by atoms with Crippen LogP contribution >= 0.6 is 0 Å². The monoisotopic (exact) mass is 197 g/mol. The van der Waals surface area contributed by atoms with Crippen LogP contribution in [0.2, 0.25) is 0 Å². The van der Waals surface area contributed by atoms with Crippen LogP contribution in [0.25, 0.3) is 11.4 Å². The van der Waals surface area contributed by atoms with Gasteiger partial charge in [-0.2, -0.15) is 0 Å². The SMILES string of the molecule is CCc1c[c]nc(-c2ccc(C)cc2)n1. The van der Waals surface area contributed by atoms with Crippen LogP contribution < -0.4 is 0 Å². The number of benzene rings is 1. The molecule has 1 radical (unpaired) electrons. The van der Waals surface area contributed by atoms with E-state index in [4.69, 9.17) is 0 Å². The Hall–Kier alpha value is -1.70. The molecule has 0 saturated carbocycles. The van der Waals surface area contributed by atoms with Gasteiger partial charge in [-0.05, 0) is 19.4 Å². The largest absolute Gasteiger partial charge is 0.233 e. The van der Waals surface area contributed by atoms with E-state index in [0.717, 1.165) is 23.5 Å². The molecule has 0 unspecified atom stereocenters. The molecule has 15 heavy (non-hydrogen) atoms. The molecule has 0 spiro atoms. The normalized spacial score (nSPS) is 10.3. The Kier molecular flexibility index (Phi) is 2.77. The number of hydrogen-bond donors (Lipinski definition) is 0. The lowest BCUT2D eigenvalue weighted by Crippen LogP contribution is -1.93. The molecule has 0 aliphatic heterocycles. The average molecular weight is 197 g/mol. The van der Waals surface area contributed by atoms with E-state index in [0.29, 0.717) is 0 Å². The molecule has 0 fully saturated rings. The van der Waals surface area contributed by atoms with Gasteiger partial charge in [0, 0.05) is 11.3 Å². The van der Waals surface area contributed by atoms with E-state index in [9.17, 15) is 0 Å². The Balaban J connectivity index is 2.40. The molecule has 0 N–H and O–H groups in total. The van der Waals surface area contributed by atoms with E-state index < -0.39 is 0 Å². The van der Waals surface area contributed by atoms with Gasteiger partial charge in [0.15, 0.2) is 5.82 Å². The first kappa shape index (κ1) is 9.84. The summed E-state index contributed by atoms with van der Waals surface area (Å²) in [7, 11) is 0. The maximum Gasteiger partial charge on any atom is 0.160 e. The number of aromatic nitrogens is 2. The van der Waals surface area contributed by atoms with E-state index in [1.165, 1.54) is 5.56 Å². The number of aryl methyl sites for hydroxylation is 2. The summed E-state index contributed by atoms with van der Waals surface area (Å²) in [6.07, 6.45) is 3.80. The minimum atomic E-state index is 0.759. The molecule has 2 nitrogen and oxygen atoms in total. The average Bonchev–Trinajstić information content (AvgIpc) is 2.30. The van der Waals surface area contributed by atoms with Crippen molar-refractivity contribution in [3.8, 4) is 11.4 Å². The second-order valence-corrected chi connectivity index (χ2v) is 3.53. The number of nitrogens with zero attached hydrogens (tertiary/aromatic N) is 2. The lowest BCUT2D eigenvalue weighted by Gasteiger charge is -2.01. The lowest BCUT2D eigenvalue weighted by atomic mass is 10.1. The van der Waals surface area contributed by atoms with E-state index in [2.05, 4.69) is 42.1 Å². The van der Waals surface area contributed by atoms with E-state index in [1.807, 2.05) is 18.2 Å². The third-order valence-electron chi connectivity index (χ3n) is 2.32. The zero-order valence-corrected chi connectivity index (χ0v) is 8.99. The fourth-order valence-corrected chi connectivity index (χ4v) is 1.37. The van der Waals surface area contributed by atoms with Crippen molar-refractivity contribution < 1.29 is 0 Å². The van der Waals surface area contributed by atoms with Gasteiger partial charge in [-0.1, -0.05) is 36.8 Å². The molecule has 2 rings (SSSR count). The topological polar surface area (TPSA) is 25.8 Å². The second kappa shape index (κ2) is 4.22. The fraction of sp³-hybridized carbons (Fsp3) is 0.231. The van der Waals surface area contributed by atoms with Gasteiger partial charge in [0.05, 0.1) is 6.20 Å². The third kappa shape index (κ3) is 2.21. The van der Waals surface area contributed by atoms with E-state index in [-0.39, 0.29) is 0 Å². The minimum Gasteiger partial charge on any atom is -0.233 e. The Morgan fingerprint density at radius 1 is 1.20 bits per heavy atom. The van der Waals surface area contributed by atoms with Crippen LogP contribution in [0, 0.1) is 13.1 Å². The zero-order chi connectivity index (χ0) is 10.7. The van der Waals surface area contributed by atoms with E-state index >= 15 is 0 Å². The van der Waals surface area contributed by atoms with Crippen LogP contribution in [0.5, 0.6) is 0 Å². The summed E-state index contributed by atoms with van der Waals surface area (Å²) in [4.78, 5) is 8.60. The molecule has 1 aromatic carbocycles. The number of hydrogen-bond acceptors (Lipinski definition) is 2. The molecular weight excluding hydrogens is 184 g/mol. The van der Waals surface area contributed by atoms with Gasteiger partial charge in [-0.15, -0.1) is 0 Å². The molecule has 2 aromatic rings. The Labute approximate surface area is 90.0 Å². The standard InChI is InChI=1S/C13H13N2/c1-3-12-8-9-14-13(15-12)11-6-4-10(2)5-7-11/h4-8H,3H2,1-2H3. The highest BCUT2D eigenvalue weighted by atomic mass is 14.9. The fourth-order valence-electron chi connectivity index (χ4n) is 1.37. The summed E-state index contributed by atoms with van der Waals surface area (Å²) in [5.74, 6) is 0.759. The maximum absolute atomic E-state index is 4.45. The van der Waals surface area contributed by atoms with Crippen molar-refractivity contribution in [1.29, 1.82) is 0 Å². The molecule has 0 aliphatic carbocycles. The van der Waals surface area contributed by atoms with Crippen LogP contribution in [-0.2, 0) is 6.42 Å². The Bertz CT molecular complexity index is 446. The first-order valence-corrected chi connectivity index (χ1v) is 5.10. The molecule has 0 atom stereocenters. The van der Waals surface area contributed by atoms with E-state index in [1.54, 1.807) is 0 Å². The summed E-state index contributed by atoms with van der Waals surface area (Å²) >= 11 is 0. The Morgan fingerprint density at radius 3 is 2.60 bits per heavy atom. The molecule has 0 amide bonds. The van der Waals surface area contributed by atoms with Gasteiger partial charge in [0.1, 0.15) is 0 Å². The molecule has 0 saturated heterocycles. The Morgan fingerprint density at radius 2 is 1.93 bits per heavy atom. The highest BCUT2D eigenvalue weighted by Crippen LogP contribution is 2.15. The minimum absolute atomic E-state index is 0.759. The van der Waals surface area contributed by atoms with Crippen molar-refractivity contribution in [2.75, 3.05) is 0 Å². The first-order valence-electron chi connectivity index (χ1n) is 5.10. The first-order chi connectivity index (χ1) is 7.29. The molecule has 75 valence electrons. The summed E-state index contributed by atoms with van der Waals surface area (Å²) in [6, 6.07) is 10.0. The molecular formula is C13H13N2. The summed E-state index contributed by atoms with van der Waals surface area (Å²) in [6.45, 7) is 4.15. The van der Waals surface area contributed by atoms with Gasteiger partial charge < -0.3 is 0 Å². The quantitative estimate of drug-likeness (QED) is 0.739. The summed E-state index contributed by atoms with van der Waals surface area (Å²) < 4.78 is 0. The molecule has 2 heteroatoms. The molecule has 0 aliphatic rings. The van der Waals surface area contributed by atoms with Gasteiger partial charge in [0.2, 0.25) is 0 Å². The van der Waals surface area contributed by atoms with Crippen LogP contribution in [0.15, 0.2) is 30.3 Å². The van der Waals surface area contributed by atoms with Crippen molar-refractivity contribution in [2.24, 2.45) is 0 Å². The predicted octanol–water partition coefficient (Wildman–Crippen LogP) is 2.81. The van der Waals surface area contributed by atoms with Crippen molar-refractivity contribution >= 4 is 0 Å². The van der Waals surface area contributed by atoms with Gasteiger partial charge in [-0.25, -0.2) is 9.97 Å². The second-order valence-electron chi connectivity index (χ2n) is 3.53. The van der Waals surface area contributed by atoms with Crippen molar-refractivity contribution in [3.05, 3.63) is 47.8 Å². The van der Waals surface area contributed by atoms with Crippen LogP contribution in [0.3, 0.4) is 0 Å². The van der Waals surface area contributed by atoms with Crippen molar-refractivity contribution in [1.82, 2.24) is 9.97 Å². The number of rotatable bonds is 2. The van der Waals surface area contributed by atoms with Crippen LogP contribution in [0.4, 0.5) is 0 Å². The summed E-state index contributed by atoms with van der Waals surface area (Å²) in [5.41, 5.74) is 3.32. The summed E-state index contributed by atoms with van der Waals surface area (Å²) in [5, 5.41) is 0.